The molecular weight excluding hydrogens is 520 g/mol. The van der Waals surface area contributed by atoms with Crippen molar-refractivity contribution in [3.63, 3.8) is 0 Å². The van der Waals surface area contributed by atoms with E-state index in [2.05, 4.69) is 25.9 Å². The van der Waals surface area contributed by atoms with Gasteiger partial charge in [-0.05, 0) is 60.5 Å². The molecule has 5 aromatic rings. The number of carbonyl (C=O) groups is 1. The van der Waals surface area contributed by atoms with E-state index >= 15 is 0 Å². The summed E-state index contributed by atoms with van der Waals surface area (Å²) in [5.41, 5.74) is 3.63. The Morgan fingerprint density at radius 3 is 2.56 bits per heavy atom. The van der Waals surface area contributed by atoms with Crippen LogP contribution in [0.3, 0.4) is 0 Å². The van der Waals surface area contributed by atoms with Crippen molar-refractivity contribution in [3.05, 3.63) is 114 Å². The van der Waals surface area contributed by atoms with Gasteiger partial charge in [0.25, 0.3) is 5.91 Å². The first-order chi connectivity index (χ1) is 20.0. The number of rotatable bonds is 11. The van der Waals surface area contributed by atoms with Gasteiger partial charge in [-0.15, -0.1) is 5.10 Å². The summed E-state index contributed by atoms with van der Waals surface area (Å²) in [4.78, 5) is 17.5. The Morgan fingerprint density at radius 1 is 0.927 bits per heavy atom. The van der Waals surface area contributed by atoms with Gasteiger partial charge in [0, 0.05) is 18.0 Å². The van der Waals surface area contributed by atoms with Crippen LogP contribution in [0.15, 0.2) is 91.3 Å². The molecule has 0 radical (unpaired) electrons. The van der Waals surface area contributed by atoms with Crippen LogP contribution in [0.25, 0.3) is 0 Å². The zero-order chi connectivity index (χ0) is 28.6. The molecule has 0 aliphatic carbocycles. The first-order valence-electron chi connectivity index (χ1n) is 13.0. The summed E-state index contributed by atoms with van der Waals surface area (Å²) in [6, 6.07) is 24.6. The summed E-state index contributed by atoms with van der Waals surface area (Å²) in [7, 11) is 3.17. The largest absolute Gasteiger partial charge is 0.493 e. The fourth-order valence-electron chi connectivity index (χ4n) is 4.33. The molecule has 0 atom stereocenters. The molecule has 0 aliphatic rings. The van der Waals surface area contributed by atoms with E-state index in [0.29, 0.717) is 40.8 Å². The minimum Gasteiger partial charge on any atom is -0.493 e. The number of nitrogens with one attached hydrogen (secondary N) is 2. The number of hydrogen-bond acceptors (Lipinski definition) is 8. The Bertz CT molecular complexity index is 1640. The Labute approximate surface area is 237 Å². The van der Waals surface area contributed by atoms with Gasteiger partial charge in [-0.2, -0.15) is 0 Å². The van der Waals surface area contributed by atoms with Crippen molar-refractivity contribution in [1.82, 2.24) is 25.3 Å². The summed E-state index contributed by atoms with van der Waals surface area (Å²) < 4.78 is 18.5. The zero-order valence-electron chi connectivity index (χ0n) is 23.0. The number of benzene rings is 3. The van der Waals surface area contributed by atoms with E-state index in [1.54, 1.807) is 49.5 Å². The number of nitrogens with zero attached hydrogens (tertiary/aromatic N) is 4. The van der Waals surface area contributed by atoms with Gasteiger partial charge in [0.05, 0.1) is 39.1 Å². The van der Waals surface area contributed by atoms with Gasteiger partial charge in [-0.25, -0.2) is 9.67 Å². The molecule has 41 heavy (non-hydrogen) atoms. The summed E-state index contributed by atoms with van der Waals surface area (Å²) in [5, 5.41) is 14.6. The van der Waals surface area contributed by atoms with Crippen LogP contribution in [0, 0.1) is 6.92 Å². The second-order valence-corrected chi connectivity index (χ2v) is 9.21. The molecule has 5 rings (SSSR count). The summed E-state index contributed by atoms with van der Waals surface area (Å²) in [6.45, 7) is 2.63. The Balaban J connectivity index is 1.21. The van der Waals surface area contributed by atoms with Crippen LogP contribution in [-0.4, -0.2) is 40.1 Å². The summed E-state index contributed by atoms with van der Waals surface area (Å²) in [6.07, 6.45) is 3.43. The number of anilines is 2. The van der Waals surface area contributed by atoms with E-state index in [9.17, 15) is 4.79 Å². The number of pyridine rings is 1. The summed E-state index contributed by atoms with van der Waals surface area (Å²) in [5.74, 6) is 2.87. The van der Waals surface area contributed by atoms with Crippen LogP contribution < -0.4 is 24.8 Å². The van der Waals surface area contributed by atoms with E-state index in [4.69, 9.17) is 14.2 Å². The van der Waals surface area contributed by atoms with Gasteiger partial charge in [0.2, 0.25) is 0 Å². The maximum Gasteiger partial charge on any atom is 0.255 e. The van der Waals surface area contributed by atoms with Crippen molar-refractivity contribution in [3.8, 4) is 23.0 Å². The number of amides is 1. The van der Waals surface area contributed by atoms with E-state index in [1.165, 1.54) is 0 Å². The maximum atomic E-state index is 13.1. The number of aromatic nitrogens is 4. The average Bonchev–Trinajstić information content (AvgIpc) is 3.43. The van der Waals surface area contributed by atoms with Crippen LogP contribution in [0.4, 0.5) is 11.5 Å². The molecule has 3 aromatic carbocycles. The fourth-order valence-corrected chi connectivity index (χ4v) is 4.33. The molecular formula is C31H30N6O4. The van der Waals surface area contributed by atoms with Crippen LogP contribution >= 0.6 is 0 Å². The molecule has 208 valence electrons. The molecule has 2 N–H and O–H groups in total. The minimum absolute atomic E-state index is 0.208. The summed E-state index contributed by atoms with van der Waals surface area (Å²) >= 11 is 0. The number of ether oxygens (including phenoxy) is 3. The smallest absolute Gasteiger partial charge is 0.255 e. The molecule has 10 heteroatoms. The lowest BCUT2D eigenvalue weighted by molar-refractivity contribution is 0.0951. The van der Waals surface area contributed by atoms with Crippen LogP contribution in [0.1, 0.15) is 27.2 Å². The molecule has 0 fully saturated rings. The highest BCUT2D eigenvalue weighted by Gasteiger charge is 2.15. The van der Waals surface area contributed by atoms with Crippen LogP contribution in [0.5, 0.6) is 23.0 Å². The lowest BCUT2D eigenvalue weighted by Gasteiger charge is -2.15. The van der Waals surface area contributed by atoms with Crippen molar-refractivity contribution in [2.24, 2.45) is 0 Å². The SMILES string of the molecule is COc1cc(Nc2ncccc2C(=O)NCc2cn(Cc3cccc(Oc4ccccc4)c3)nn2)cc(C)c1OC. The van der Waals surface area contributed by atoms with E-state index in [1.807, 2.05) is 67.6 Å². The van der Waals surface area contributed by atoms with E-state index in [-0.39, 0.29) is 12.5 Å². The van der Waals surface area contributed by atoms with Crippen molar-refractivity contribution in [1.29, 1.82) is 0 Å². The highest BCUT2D eigenvalue weighted by molar-refractivity contribution is 5.99. The lowest BCUT2D eigenvalue weighted by atomic mass is 10.1. The van der Waals surface area contributed by atoms with Crippen molar-refractivity contribution in [2.45, 2.75) is 20.0 Å². The number of methoxy groups -OCH3 is 2. The maximum absolute atomic E-state index is 13.1. The molecule has 0 aliphatic heterocycles. The highest BCUT2D eigenvalue weighted by Crippen LogP contribution is 2.35. The molecule has 2 aromatic heterocycles. The molecule has 2 heterocycles. The molecule has 1 amide bonds. The number of aryl methyl sites for hydroxylation is 1. The number of hydrogen-bond donors (Lipinski definition) is 2. The number of carbonyl (C=O) groups excluding carboxylic acids is 1. The Hall–Kier alpha value is -5.38. The third-order valence-electron chi connectivity index (χ3n) is 6.22. The number of para-hydroxylation sites is 1. The van der Waals surface area contributed by atoms with E-state index in [0.717, 1.165) is 22.6 Å². The average molecular weight is 551 g/mol. The third-order valence-corrected chi connectivity index (χ3v) is 6.22. The van der Waals surface area contributed by atoms with Crippen molar-refractivity contribution < 1.29 is 19.0 Å². The molecule has 0 bridgehead atoms. The predicted octanol–water partition coefficient (Wildman–Crippen LogP) is 5.51. The monoisotopic (exact) mass is 550 g/mol. The topological polar surface area (TPSA) is 112 Å². The lowest BCUT2D eigenvalue weighted by Crippen LogP contribution is -2.24. The fraction of sp³-hybridized carbons (Fsp3) is 0.161. The van der Waals surface area contributed by atoms with Gasteiger partial charge in [-0.1, -0.05) is 35.5 Å². The van der Waals surface area contributed by atoms with Crippen molar-refractivity contribution in [2.75, 3.05) is 19.5 Å². The zero-order valence-corrected chi connectivity index (χ0v) is 23.0. The van der Waals surface area contributed by atoms with Gasteiger partial charge >= 0.3 is 0 Å². The molecule has 0 saturated heterocycles. The quantitative estimate of drug-likeness (QED) is 0.221. The molecule has 0 unspecified atom stereocenters. The van der Waals surface area contributed by atoms with Gasteiger partial charge in [-0.3, -0.25) is 4.79 Å². The van der Waals surface area contributed by atoms with Gasteiger partial charge in [0.15, 0.2) is 11.5 Å². The van der Waals surface area contributed by atoms with Crippen LogP contribution in [0.2, 0.25) is 0 Å². The molecule has 10 nitrogen and oxygen atoms in total. The van der Waals surface area contributed by atoms with Crippen LogP contribution in [-0.2, 0) is 13.1 Å². The standard InChI is InChI=1S/C31H30N6O4/c1-21-15-23(17-28(39-2)29(21)40-3)34-30-27(13-8-14-32-30)31(38)33-18-24-20-37(36-35-24)19-22-9-7-12-26(16-22)41-25-10-5-4-6-11-25/h4-17,20H,18-19H2,1-3H3,(H,32,34)(H,33,38). The van der Waals surface area contributed by atoms with E-state index < -0.39 is 0 Å². The second-order valence-electron chi connectivity index (χ2n) is 9.21. The van der Waals surface area contributed by atoms with Gasteiger partial charge in [0.1, 0.15) is 23.0 Å². The predicted molar refractivity (Wildman–Crippen MR) is 155 cm³/mol. The minimum atomic E-state index is -0.293. The normalized spacial score (nSPS) is 10.6. The second kappa shape index (κ2) is 12.6. The molecule has 0 saturated carbocycles. The van der Waals surface area contributed by atoms with Gasteiger partial charge < -0.3 is 24.8 Å². The Morgan fingerprint density at radius 2 is 1.76 bits per heavy atom. The Kier molecular flexibility index (Phi) is 8.39. The first-order valence-corrected chi connectivity index (χ1v) is 13.0. The van der Waals surface area contributed by atoms with Crippen molar-refractivity contribution >= 4 is 17.4 Å². The molecule has 0 spiro atoms. The third kappa shape index (κ3) is 6.80. The first kappa shape index (κ1) is 27.2. The highest BCUT2D eigenvalue weighted by atomic mass is 16.5.